The van der Waals surface area contributed by atoms with Gasteiger partial charge < -0.3 is 5.73 Å². The van der Waals surface area contributed by atoms with E-state index in [-0.39, 0.29) is 16.3 Å². The van der Waals surface area contributed by atoms with E-state index < -0.39 is 11.4 Å². The van der Waals surface area contributed by atoms with Crippen LogP contribution in [-0.4, -0.2) is 16.0 Å². The quantitative estimate of drug-likeness (QED) is 0.244. The molecule has 3 N–H and O–H groups in total. The fraction of sp³-hybridized carbons (Fsp3) is 0.0345. The van der Waals surface area contributed by atoms with Crippen LogP contribution in [0.3, 0.4) is 0 Å². The number of aryl methyl sites for hydroxylation is 1. The van der Waals surface area contributed by atoms with E-state index in [1.807, 2.05) is 73.7 Å². The molecule has 6 aromatic rings. The van der Waals surface area contributed by atoms with E-state index in [4.69, 9.17) is 15.2 Å². The minimum atomic E-state index is -0.776. The third-order valence-corrected chi connectivity index (χ3v) is 7.31. The zero-order valence-corrected chi connectivity index (χ0v) is 20.6. The molecule has 0 aliphatic heterocycles. The van der Waals surface area contributed by atoms with Gasteiger partial charge in [-0.15, -0.1) is 11.3 Å². The van der Waals surface area contributed by atoms with Crippen LogP contribution >= 0.6 is 11.3 Å². The molecule has 3 aromatic carbocycles. The molecule has 3 heterocycles. The Balaban J connectivity index is 1.58. The van der Waals surface area contributed by atoms with Crippen LogP contribution in [0.4, 0.5) is 5.69 Å². The molecule has 0 unspecified atom stereocenters. The SMILES string of the molecule is Cc1ccc(-c2cc(-c3ccccc3)nc3sc(C(=O)c4c(=O)o[nH][n+]4-c4ccccc4)c(N)c23)cc1. The Morgan fingerprint density at radius 2 is 1.62 bits per heavy atom. The summed E-state index contributed by atoms with van der Waals surface area (Å²) in [7, 11) is 0. The van der Waals surface area contributed by atoms with Gasteiger partial charge in [-0.25, -0.2) is 9.78 Å². The lowest BCUT2D eigenvalue weighted by molar-refractivity contribution is -0.672. The molecule has 0 spiro atoms. The number of nitrogens with two attached hydrogens (primary N) is 1. The van der Waals surface area contributed by atoms with E-state index in [2.05, 4.69) is 5.27 Å². The minimum absolute atomic E-state index is 0.162. The first-order chi connectivity index (χ1) is 18.0. The van der Waals surface area contributed by atoms with Crippen molar-refractivity contribution in [2.45, 2.75) is 6.92 Å². The van der Waals surface area contributed by atoms with Crippen LogP contribution in [0, 0.1) is 6.92 Å². The smallest absolute Gasteiger partial charge is 0.397 e. The molecule has 0 saturated carbocycles. The van der Waals surface area contributed by atoms with Crippen molar-refractivity contribution in [3.8, 4) is 28.1 Å². The Bertz CT molecular complexity index is 1820. The van der Waals surface area contributed by atoms with E-state index in [0.717, 1.165) is 27.9 Å². The van der Waals surface area contributed by atoms with Crippen molar-refractivity contribution in [2.75, 3.05) is 5.73 Å². The Hall–Kier alpha value is -4.82. The summed E-state index contributed by atoms with van der Waals surface area (Å²) in [5.74, 6) is -0.532. The highest BCUT2D eigenvalue weighted by Crippen LogP contribution is 2.41. The maximum Gasteiger partial charge on any atom is 0.439 e. The zero-order chi connectivity index (χ0) is 25.5. The second kappa shape index (κ2) is 9.00. The number of nitrogens with zero attached hydrogens (tertiary/aromatic N) is 2. The lowest BCUT2D eigenvalue weighted by Crippen LogP contribution is -2.41. The molecule has 0 saturated heterocycles. The Morgan fingerprint density at radius 3 is 2.32 bits per heavy atom. The fourth-order valence-electron chi connectivity index (χ4n) is 4.34. The molecule has 37 heavy (non-hydrogen) atoms. The summed E-state index contributed by atoms with van der Waals surface area (Å²) in [5.41, 5.74) is 11.3. The van der Waals surface area contributed by atoms with Gasteiger partial charge in [0.15, 0.2) is 0 Å². The summed E-state index contributed by atoms with van der Waals surface area (Å²) in [5, 5.41) is 3.21. The van der Waals surface area contributed by atoms with Gasteiger partial charge >= 0.3 is 11.3 Å². The number of rotatable bonds is 5. The number of pyridine rings is 1. The molecule has 6 rings (SSSR count). The van der Waals surface area contributed by atoms with Crippen molar-refractivity contribution in [1.29, 1.82) is 0 Å². The first kappa shape index (κ1) is 22.6. The molecule has 7 nitrogen and oxygen atoms in total. The van der Waals surface area contributed by atoms with Crippen LogP contribution in [0.1, 0.15) is 20.9 Å². The van der Waals surface area contributed by atoms with E-state index in [0.29, 0.717) is 15.9 Å². The van der Waals surface area contributed by atoms with Crippen molar-refractivity contribution in [2.24, 2.45) is 0 Å². The molecular formula is C29H21N4O3S+. The molecule has 0 radical (unpaired) electrons. The summed E-state index contributed by atoms with van der Waals surface area (Å²) >= 11 is 1.17. The number of nitrogen functional groups attached to an aromatic ring is 1. The zero-order valence-electron chi connectivity index (χ0n) is 19.8. The topological polar surface area (TPSA) is 106 Å². The standard InChI is InChI=1S/C29H20N4O3S/c1-17-12-14-18(15-13-17)21-16-22(19-8-4-2-5-9-19)31-28-23(21)24(30)27(37-28)26(34)25-29(35)36-32-33(25)20-10-6-3-7-11-20/h2-16H,1H3,(H2-,30,32,34,35)/p+1. The van der Waals surface area contributed by atoms with Gasteiger partial charge in [-0.1, -0.05) is 78.4 Å². The first-order valence-corrected chi connectivity index (χ1v) is 12.4. The van der Waals surface area contributed by atoms with Gasteiger partial charge in [-0.05, 0) is 34.1 Å². The monoisotopic (exact) mass is 505 g/mol. The number of fused-ring (bicyclic) bond motifs is 1. The predicted octanol–water partition coefficient (Wildman–Crippen LogP) is 5.31. The van der Waals surface area contributed by atoms with Gasteiger partial charge in [0, 0.05) is 23.1 Å². The maximum absolute atomic E-state index is 13.8. The van der Waals surface area contributed by atoms with Crippen molar-refractivity contribution in [3.63, 3.8) is 0 Å². The fourth-order valence-corrected chi connectivity index (χ4v) is 5.40. The molecular weight excluding hydrogens is 484 g/mol. The molecule has 0 amide bonds. The Morgan fingerprint density at radius 1 is 0.946 bits per heavy atom. The van der Waals surface area contributed by atoms with Gasteiger partial charge in [0.2, 0.25) is 5.69 Å². The highest BCUT2D eigenvalue weighted by atomic mass is 32.1. The van der Waals surface area contributed by atoms with Crippen molar-refractivity contribution in [3.05, 3.63) is 118 Å². The molecule has 0 aliphatic rings. The van der Waals surface area contributed by atoms with Crippen LogP contribution in [0.25, 0.3) is 38.3 Å². The summed E-state index contributed by atoms with van der Waals surface area (Å²) in [6.45, 7) is 2.03. The average molecular weight is 506 g/mol. The van der Waals surface area contributed by atoms with E-state index in [1.165, 1.54) is 16.0 Å². The number of hydrogen-bond donors (Lipinski definition) is 2. The van der Waals surface area contributed by atoms with E-state index in [1.54, 1.807) is 24.3 Å². The highest BCUT2D eigenvalue weighted by molar-refractivity contribution is 7.21. The van der Waals surface area contributed by atoms with Crippen LogP contribution in [0.2, 0.25) is 0 Å². The number of carbonyl (C=O) groups is 1. The number of ketones is 1. The number of aromatic amines is 1. The second-order valence-corrected chi connectivity index (χ2v) is 9.64. The van der Waals surface area contributed by atoms with Crippen molar-refractivity contribution < 1.29 is 14.0 Å². The summed E-state index contributed by atoms with van der Waals surface area (Å²) < 4.78 is 6.33. The molecule has 0 fully saturated rings. The molecule has 0 bridgehead atoms. The number of benzene rings is 3. The normalized spacial score (nSPS) is 11.2. The van der Waals surface area contributed by atoms with E-state index in [9.17, 15) is 9.59 Å². The number of hydrogen-bond acceptors (Lipinski definition) is 6. The second-order valence-electron chi connectivity index (χ2n) is 8.64. The van der Waals surface area contributed by atoms with Gasteiger partial charge in [0.1, 0.15) is 9.71 Å². The van der Waals surface area contributed by atoms with Crippen LogP contribution in [0.15, 0.2) is 100 Å². The number of H-pyrrole nitrogens is 1. The van der Waals surface area contributed by atoms with Crippen molar-refractivity contribution in [1.82, 2.24) is 10.3 Å². The summed E-state index contributed by atoms with van der Waals surface area (Å²) in [6, 6.07) is 28.9. The first-order valence-electron chi connectivity index (χ1n) is 11.6. The molecule has 0 atom stereocenters. The molecule has 8 heteroatoms. The van der Waals surface area contributed by atoms with Gasteiger partial charge in [-0.2, -0.15) is 0 Å². The van der Waals surface area contributed by atoms with Crippen LogP contribution in [0.5, 0.6) is 0 Å². The lowest BCUT2D eigenvalue weighted by Gasteiger charge is -2.09. The lowest BCUT2D eigenvalue weighted by atomic mass is 9.98. The Kier molecular flexibility index (Phi) is 5.50. The van der Waals surface area contributed by atoms with Crippen molar-refractivity contribution >= 4 is 33.0 Å². The maximum atomic E-state index is 13.8. The van der Waals surface area contributed by atoms with Gasteiger partial charge in [0.05, 0.1) is 11.4 Å². The number of carbonyl (C=O) groups excluding carboxylic acids is 1. The van der Waals surface area contributed by atoms with E-state index >= 15 is 0 Å². The van der Waals surface area contributed by atoms with Crippen LogP contribution < -0.4 is 16.0 Å². The number of nitrogens with one attached hydrogen (secondary N) is 1. The highest BCUT2D eigenvalue weighted by Gasteiger charge is 2.35. The number of thiophene rings is 1. The largest absolute Gasteiger partial charge is 0.439 e. The minimum Gasteiger partial charge on any atom is -0.397 e. The van der Waals surface area contributed by atoms with Gasteiger partial charge in [0.25, 0.3) is 5.78 Å². The Labute approximate surface area is 215 Å². The average Bonchev–Trinajstić information content (AvgIpc) is 3.49. The predicted molar refractivity (Wildman–Crippen MR) is 144 cm³/mol. The number of anilines is 1. The van der Waals surface area contributed by atoms with Crippen LogP contribution in [-0.2, 0) is 0 Å². The van der Waals surface area contributed by atoms with Gasteiger partial charge in [-0.3, -0.25) is 9.32 Å². The summed E-state index contributed by atoms with van der Waals surface area (Å²) in [6.07, 6.45) is 0. The number of para-hydroxylation sites is 1. The molecule has 3 aromatic heterocycles. The number of aromatic nitrogens is 3. The third-order valence-electron chi connectivity index (χ3n) is 6.21. The third kappa shape index (κ3) is 3.93. The molecule has 180 valence electrons. The summed E-state index contributed by atoms with van der Waals surface area (Å²) in [4.78, 5) is 32.1. The molecule has 0 aliphatic carbocycles.